The Kier molecular flexibility index (Phi) is 8.81. The SMILES string of the molecule is Cc1cc(C(c2ccc(OCC(O)CO)cc2)(C(F)(F)F)C(F)(F)F)ccc1OCC(O)CO. The second-order valence-electron chi connectivity index (χ2n) is 7.54. The third-order valence-electron chi connectivity index (χ3n) is 5.04. The molecule has 2 rings (SSSR count). The van der Waals surface area contributed by atoms with E-state index >= 15 is 0 Å². The summed E-state index contributed by atoms with van der Waals surface area (Å²) in [6.45, 7) is -0.842. The molecule has 6 nitrogen and oxygen atoms in total. The summed E-state index contributed by atoms with van der Waals surface area (Å²) in [5, 5.41) is 36.2. The Bertz CT molecular complexity index is 915. The predicted molar refractivity (Wildman–Crippen MR) is 108 cm³/mol. The van der Waals surface area contributed by atoms with E-state index < -0.39 is 67.5 Å². The summed E-state index contributed by atoms with van der Waals surface area (Å²) in [6, 6.07) is 5.39. The molecule has 12 heteroatoms. The van der Waals surface area contributed by atoms with Crippen LogP contribution in [0.5, 0.6) is 11.5 Å². The summed E-state index contributed by atoms with van der Waals surface area (Å²) in [6.07, 6.45) is -14.1. The fourth-order valence-electron chi connectivity index (χ4n) is 3.31. The Hall–Kier alpha value is -2.54. The van der Waals surface area contributed by atoms with Crippen LogP contribution in [0.4, 0.5) is 26.3 Å². The standard InChI is InChI=1S/C22H24F6O6/c1-13-8-15(4-7-19(13)34-12-17(32)10-30)20(21(23,24)25,22(26,27)28)14-2-5-18(6-3-14)33-11-16(31)9-29/h2-8,16-17,29-32H,9-12H2,1H3. The van der Waals surface area contributed by atoms with Gasteiger partial charge in [-0.3, -0.25) is 0 Å². The van der Waals surface area contributed by atoms with Crippen LogP contribution < -0.4 is 9.47 Å². The number of rotatable bonds is 10. The minimum absolute atomic E-state index is 0.0431. The van der Waals surface area contributed by atoms with Crippen molar-refractivity contribution in [1.82, 2.24) is 0 Å². The smallest absolute Gasteiger partial charge is 0.411 e. The second kappa shape index (κ2) is 10.8. The maximum atomic E-state index is 14.3. The van der Waals surface area contributed by atoms with Gasteiger partial charge < -0.3 is 29.9 Å². The van der Waals surface area contributed by atoms with Gasteiger partial charge in [0.25, 0.3) is 0 Å². The molecule has 0 radical (unpaired) electrons. The van der Waals surface area contributed by atoms with Gasteiger partial charge in [0.1, 0.15) is 36.9 Å². The van der Waals surface area contributed by atoms with Crippen molar-refractivity contribution in [3.8, 4) is 11.5 Å². The van der Waals surface area contributed by atoms with Crippen molar-refractivity contribution in [2.45, 2.75) is 36.9 Å². The van der Waals surface area contributed by atoms with Crippen LogP contribution in [0.15, 0.2) is 42.5 Å². The van der Waals surface area contributed by atoms with Gasteiger partial charge in [0.15, 0.2) is 0 Å². The summed E-state index contributed by atoms with van der Waals surface area (Å²) in [7, 11) is 0. The lowest BCUT2D eigenvalue weighted by molar-refractivity contribution is -0.288. The van der Waals surface area contributed by atoms with Gasteiger partial charge in [0.05, 0.1) is 13.2 Å². The minimum Gasteiger partial charge on any atom is -0.491 e. The van der Waals surface area contributed by atoms with Gasteiger partial charge in [0, 0.05) is 0 Å². The van der Waals surface area contributed by atoms with Crippen molar-refractivity contribution < 1.29 is 56.2 Å². The molecule has 34 heavy (non-hydrogen) atoms. The molecule has 0 bridgehead atoms. The predicted octanol–water partition coefficient (Wildman–Crippen LogP) is 2.87. The molecule has 0 saturated heterocycles. The number of aliphatic hydroxyl groups excluding tert-OH is 4. The van der Waals surface area contributed by atoms with E-state index in [0.29, 0.717) is 24.3 Å². The number of hydrogen-bond acceptors (Lipinski definition) is 6. The zero-order valence-corrected chi connectivity index (χ0v) is 17.9. The molecular weight excluding hydrogens is 474 g/mol. The Labute approximate surface area is 191 Å². The lowest BCUT2D eigenvalue weighted by atomic mass is 9.72. The fourth-order valence-corrected chi connectivity index (χ4v) is 3.31. The summed E-state index contributed by atoms with van der Waals surface area (Å²) in [5.41, 5.74) is -6.62. The Balaban J connectivity index is 2.56. The van der Waals surface area contributed by atoms with Crippen molar-refractivity contribution in [2.24, 2.45) is 0 Å². The first-order chi connectivity index (χ1) is 15.8. The number of ether oxygens (including phenoxy) is 2. The summed E-state index contributed by atoms with van der Waals surface area (Å²) >= 11 is 0. The molecule has 0 aromatic heterocycles. The largest absolute Gasteiger partial charge is 0.491 e. The molecule has 0 aliphatic heterocycles. The number of aryl methyl sites for hydroxylation is 1. The molecule has 0 saturated carbocycles. The highest BCUT2D eigenvalue weighted by Crippen LogP contribution is 2.56. The molecule has 190 valence electrons. The van der Waals surface area contributed by atoms with Crippen LogP contribution in [0.3, 0.4) is 0 Å². The van der Waals surface area contributed by atoms with Crippen LogP contribution in [0.1, 0.15) is 16.7 Å². The zero-order valence-electron chi connectivity index (χ0n) is 17.9. The highest BCUT2D eigenvalue weighted by Gasteiger charge is 2.72. The first kappa shape index (κ1) is 27.7. The van der Waals surface area contributed by atoms with E-state index in [4.69, 9.17) is 19.7 Å². The molecule has 0 aliphatic carbocycles. The normalized spacial score (nSPS) is 14.6. The number of aliphatic hydroxyl groups is 4. The van der Waals surface area contributed by atoms with Crippen molar-refractivity contribution in [3.63, 3.8) is 0 Å². The highest BCUT2D eigenvalue weighted by atomic mass is 19.4. The first-order valence-corrected chi connectivity index (χ1v) is 9.96. The lowest BCUT2D eigenvalue weighted by Gasteiger charge is -2.38. The topological polar surface area (TPSA) is 99.4 Å². The Morgan fingerprint density at radius 1 is 0.735 bits per heavy atom. The van der Waals surface area contributed by atoms with E-state index in [9.17, 15) is 36.6 Å². The van der Waals surface area contributed by atoms with Gasteiger partial charge >= 0.3 is 12.4 Å². The molecule has 0 aliphatic rings. The summed E-state index contributed by atoms with van der Waals surface area (Å²) in [4.78, 5) is 0. The third-order valence-corrected chi connectivity index (χ3v) is 5.04. The fraction of sp³-hybridized carbons (Fsp3) is 0.455. The quantitative estimate of drug-likeness (QED) is 0.376. The van der Waals surface area contributed by atoms with E-state index in [0.717, 1.165) is 18.2 Å². The van der Waals surface area contributed by atoms with Crippen LogP contribution >= 0.6 is 0 Å². The van der Waals surface area contributed by atoms with Crippen LogP contribution in [0.2, 0.25) is 0 Å². The lowest BCUT2D eigenvalue weighted by Crippen LogP contribution is -2.54. The number of hydrogen-bond donors (Lipinski definition) is 4. The van der Waals surface area contributed by atoms with Crippen LogP contribution in [0.25, 0.3) is 0 Å². The van der Waals surface area contributed by atoms with Crippen LogP contribution in [-0.4, -0.2) is 71.4 Å². The summed E-state index contributed by atoms with van der Waals surface area (Å²) in [5.74, 6) is -0.155. The van der Waals surface area contributed by atoms with Crippen LogP contribution in [0, 0.1) is 6.92 Å². The van der Waals surface area contributed by atoms with Gasteiger partial charge in [0.2, 0.25) is 5.41 Å². The molecule has 2 atom stereocenters. The number of benzene rings is 2. The Morgan fingerprint density at radius 2 is 1.21 bits per heavy atom. The Morgan fingerprint density at radius 3 is 1.65 bits per heavy atom. The molecule has 2 unspecified atom stereocenters. The monoisotopic (exact) mass is 498 g/mol. The molecule has 0 amide bonds. The zero-order chi connectivity index (χ0) is 25.7. The average Bonchev–Trinajstić information content (AvgIpc) is 2.75. The first-order valence-electron chi connectivity index (χ1n) is 9.96. The third kappa shape index (κ3) is 5.74. The van der Waals surface area contributed by atoms with Gasteiger partial charge in [-0.2, -0.15) is 26.3 Å². The minimum atomic E-state index is -5.79. The molecular formula is C22H24F6O6. The molecule has 2 aromatic rings. The van der Waals surface area contributed by atoms with Crippen molar-refractivity contribution >= 4 is 0 Å². The maximum absolute atomic E-state index is 14.3. The van der Waals surface area contributed by atoms with Crippen LogP contribution in [-0.2, 0) is 5.41 Å². The average molecular weight is 498 g/mol. The van der Waals surface area contributed by atoms with E-state index in [-0.39, 0.29) is 17.1 Å². The molecule has 0 fully saturated rings. The molecule has 2 aromatic carbocycles. The van der Waals surface area contributed by atoms with Crippen molar-refractivity contribution in [1.29, 1.82) is 0 Å². The highest BCUT2D eigenvalue weighted by molar-refractivity contribution is 5.49. The molecule has 0 heterocycles. The number of alkyl halides is 6. The van der Waals surface area contributed by atoms with Crippen molar-refractivity contribution in [3.05, 3.63) is 59.2 Å². The second-order valence-corrected chi connectivity index (χ2v) is 7.54. The van der Waals surface area contributed by atoms with E-state index in [1.807, 2.05) is 0 Å². The molecule has 4 N–H and O–H groups in total. The van der Waals surface area contributed by atoms with Gasteiger partial charge in [-0.05, 0) is 41.8 Å². The van der Waals surface area contributed by atoms with Gasteiger partial charge in [-0.1, -0.05) is 24.3 Å². The number of halogens is 6. The molecule has 0 spiro atoms. The maximum Gasteiger partial charge on any atom is 0.411 e. The van der Waals surface area contributed by atoms with E-state index in [2.05, 4.69) is 0 Å². The van der Waals surface area contributed by atoms with E-state index in [1.54, 1.807) is 0 Å². The van der Waals surface area contributed by atoms with Gasteiger partial charge in [-0.15, -0.1) is 0 Å². The summed E-state index contributed by atoms with van der Waals surface area (Å²) < 4.78 is 95.9. The van der Waals surface area contributed by atoms with Gasteiger partial charge in [-0.25, -0.2) is 0 Å². The van der Waals surface area contributed by atoms with Crippen molar-refractivity contribution in [2.75, 3.05) is 26.4 Å². The van der Waals surface area contributed by atoms with E-state index in [1.165, 1.54) is 6.92 Å².